The fraction of sp³-hybridized carbons (Fsp3) is 0.333. The van der Waals surface area contributed by atoms with Gasteiger partial charge in [0.05, 0.1) is 24.2 Å². The van der Waals surface area contributed by atoms with E-state index >= 15 is 0 Å². The van der Waals surface area contributed by atoms with Crippen LogP contribution in [-0.2, 0) is 27.3 Å². The third kappa shape index (κ3) is 9.39. The number of rotatable bonds is 11. The molecule has 3 aromatic rings. The van der Waals surface area contributed by atoms with Crippen molar-refractivity contribution in [3.63, 3.8) is 0 Å². The number of amides is 2. The van der Waals surface area contributed by atoms with Crippen LogP contribution in [0, 0.1) is 0 Å². The van der Waals surface area contributed by atoms with Gasteiger partial charge in [-0.1, -0.05) is 73.2 Å². The molecule has 0 aromatic heterocycles. The smallest absolute Gasteiger partial charge is 0.481 e. The maximum atomic E-state index is 14.4. The minimum Gasteiger partial charge on any atom is -0.481 e. The van der Waals surface area contributed by atoms with Gasteiger partial charge < -0.3 is 25.7 Å². The molecule has 12 heteroatoms. The number of unbranched alkanes of at least 4 members (excludes halogenated alkanes) is 2. The number of alkyl halides is 3. The summed E-state index contributed by atoms with van der Waals surface area (Å²) >= 11 is 0. The number of benzene rings is 3. The summed E-state index contributed by atoms with van der Waals surface area (Å²) in [6.07, 6.45) is -1.67. The predicted molar refractivity (Wildman–Crippen MR) is 161 cm³/mol. The van der Waals surface area contributed by atoms with Gasteiger partial charge in [0.15, 0.2) is 0 Å². The van der Waals surface area contributed by atoms with E-state index in [0.717, 1.165) is 36.8 Å². The molecule has 0 bridgehead atoms. The normalized spacial score (nSPS) is 15.4. The molecule has 3 aromatic carbocycles. The number of hydrogen-bond acceptors (Lipinski definition) is 5. The number of halogens is 3. The third-order valence-corrected chi connectivity index (χ3v) is 7.25. The summed E-state index contributed by atoms with van der Waals surface area (Å²) in [7, 11) is 0. The summed E-state index contributed by atoms with van der Waals surface area (Å²) in [5.74, 6) is -4.38. The lowest BCUT2D eigenvalue weighted by atomic mass is 10.00. The number of fused-ring (bicyclic) bond motifs is 1. The average Bonchev–Trinajstić information content (AvgIpc) is 3.08. The van der Waals surface area contributed by atoms with Gasteiger partial charge in [-0.05, 0) is 61.6 Å². The fourth-order valence-electron chi connectivity index (χ4n) is 5.11. The number of carbonyl (C=O) groups excluding carboxylic acids is 2. The van der Waals surface area contributed by atoms with Gasteiger partial charge in [-0.3, -0.25) is 14.4 Å². The van der Waals surface area contributed by atoms with Gasteiger partial charge >= 0.3 is 18.1 Å². The molecule has 0 fully saturated rings. The van der Waals surface area contributed by atoms with Crippen molar-refractivity contribution in [3.8, 4) is 0 Å². The van der Waals surface area contributed by atoms with Crippen LogP contribution in [0.4, 0.5) is 18.9 Å². The van der Waals surface area contributed by atoms with Crippen molar-refractivity contribution < 1.29 is 42.6 Å². The largest absolute Gasteiger partial charge is 0.490 e. The molecular weight excluding hydrogens is 591 g/mol. The molecule has 45 heavy (non-hydrogen) atoms. The quantitative estimate of drug-likeness (QED) is 0.236. The van der Waals surface area contributed by atoms with Crippen molar-refractivity contribution in [1.29, 1.82) is 0 Å². The lowest BCUT2D eigenvalue weighted by molar-refractivity contribution is -0.192. The summed E-state index contributed by atoms with van der Waals surface area (Å²) in [6, 6.07) is 22.9. The van der Waals surface area contributed by atoms with Crippen LogP contribution in [0.25, 0.3) is 0 Å². The lowest BCUT2D eigenvalue weighted by Gasteiger charge is -2.35. The van der Waals surface area contributed by atoms with E-state index in [2.05, 4.69) is 0 Å². The summed E-state index contributed by atoms with van der Waals surface area (Å²) in [6.45, 7) is 2.63. The van der Waals surface area contributed by atoms with Crippen LogP contribution < -0.4 is 10.6 Å². The van der Waals surface area contributed by atoms with Crippen LogP contribution in [0.2, 0.25) is 0 Å². The first-order valence-corrected chi connectivity index (χ1v) is 14.4. The Labute approximate surface area is 259 Å². The van der Waals surface area contributed by atoms with Crippen molar-refractivity contribution in [1.82, 2.24) is 4.90 Å². The second-order valence-electron chi connectivity index (χ2n) is 10.6. The summed E-state index contributed by atoms with van der Waals surface area (Å²) < 4.78 is 31.7. The van der Waals surface area contributed by atoms with Crippen LogP contribution in [0.5, 0.6) is 0 Å². The molecule has 4 rings (SSSR count). The van der Waals surface area contributed by atoms with E-state index in [1.165, 1.54) is 4.90 Å². The van der Waals surface area contributed by atoms with Crippen LogP contribution in [0.1, 0.15) is 65.7 Å². The molecule has 2 atom stereocenters. The third-order valence-electron chi connectivity index (χ3n) is 7.25. The highest BCUT2D eigenvalue weighted by Crippen LogP contribution is 2.38. The number of hydrogen-bond donors (Lipinski definition) is 3. The van der Waals surface area contributed by atoms with Gasteiger partial charge in [-0.2, -0.15) is 13.2 Å². The molecule has 1 aliphatic heterocycles. The van der Waals surface area contributed by atoms with Crippen LogP contribution in [-0.4, -0.2) is 57.6 Å². The maximum absolute atomic E-state index is 14.4. The molecule has 240 valence electrons. The van der Waals surface area contributed by atoms with Gasteiger partial charge in [0, 0.05) is 6.04 Å². The number of carboxylic acid groups (broad SMARTS) is 2. The number of aryl methyl sites for hydroxylation is 1. The standard InChI is InChI=1S/C31H35N3O4.C2HF3O2/c1-22(19-28(35)36)34-29(25-14-8-3-9-15-25)31(38)33(21-24-12-5-2-6-13-24)27-17-16-23(11-7-4-10-18-32)20-26(27)30(34)37;3-2(4,5)1(6)7/h2-3,5-6,8-9,12-17,20,22,29H,4,7,10-11,18-19,21,32H2,1H3,(H,35,36);(H,6,7). The molecule has 0 saturated carbocycles. The van der Waals surface area contributed by atoms with Crippen LogP contribution in [0.3, 0.4) is 0 Å². The molecule has 0 aliphatic carbocycles. The number of carboxylic acids is 2. The lowest BCUT2D eigenvalue weighted by Crippen LogP contribution is -2.47. The molecule has 0 spiro atoms. The van der Waals surface area contributed by atoms with E-state index in [4.69, 9.17) is 15.6 Å². The highest BCUT2D eigenvalue weighted by Gasteiger charge is 2.43. The predicted octanol–water partition coefficient (Wildman–Crippen LogP) is 5.58. The second kappa shape index (κ2) is 15.8. The van der Waals surface area contributed by atoms with E-state index in [1.54, 1.807) is 11.8 Å². The van der Waals surface area contributed by atoms with E-state index in [0.29, 0.717) is 29.9 Å². The van der Waals surface area contributed by atoms with E-state index in [9.17, 15) is 32.7 Å². The van der Waals surface area contributed by atoms with Crippen LogP contribution in [0.15, 0.2) is 78.9 Å². The van der Waals surface area contributed by atoms with Crippen molar-refractivity contribution in [3.05, 3.63) is 101 Å². The van der Waals surface area contributed by atoms with E-state index < -0.39 is 30.2 Å². The Morgan fingerprint density at radius 1 is 0.889 bits per heavy atom. The van der Waals surface area contributed by atoms with Gasteiger partial charge in [0.25, 0.3) is 11.8 Å². The topological polar surface area (TPSA) is 141 Å². The van der Waals surface area contributed by atoms with Crippen molar-refractivity contribution in [2.75, 3.05) is 11.4 Å². The number of carbonyl (C=O) groups is 4. The second-order valence-corrected chi connectivity index (χ2v) is 10.6. The summed E-state index contributed by atoms with van der Waals surface area (Å²) in [4.78, 5) is 52.4. The van der Waals surface area contributed by atoms with Gasteiger partial charge in [-0.15, -0.1) is 0 Å². The first-order chi connectivity index (χ1) is 21.3. The van der Waals surface area contributed by atoms with Crippen molar-refractivity contribution in [2.24, 2.45) is 5.73 Å². The number of aliphatic carboxylic acids is 2. The molecule has 2 unspecified atom stereocenters. The molecule has 1 heterocycles. The Morgan fingerprint density at radius 3 is 2.04 bits per heavy atom. The zero-order chi connectivity index (χ0) is 33.1. The Kier molecular flexibility index (Phi) is 12.2. The molecule has 0 saturated heterocycles. The minimum atomic E-state index is -5.08. The Morgan fingerprint density at radius 2 is 1.49 bits per heavy atom. The first kappa shape index (κ1) is 34.8. The molecule has 4 N–H and O–H groups in total. The molecule has 9 nitrogen and oxygen atoms in total. The Balaban J connectivity index is 0.000000707. The van der Waals surface area contributed by atoms with Crippen LogP contribution >= 0.6 is 0 Å². The highest BCUT2D eigenvalue weighted by molar-refractivity contribution is 6.11. The molecular formula is C33H36F3N3O6. The maximum Gasteiger partial charge on any atom is 0.490 e. The molecule has 2 amide bonds. The van der Waals surface area contributed by atoms with Crippen molar-refractivity contribution in [2.45, 2.75) is 63.8 Å². The zero-order valence-corrected chi connectivity index (χ0v) is 24.7. The molecule has 0 radical (unpaired) electrons. The number of nitrogens with zero attached hydrogens (tertiary/aromatic N) is 2. The summed E-state index contributed by atoms with van der Waals surface area (Å²) in [5.41, 5.74) is 9.18. The Bertz CT molecular complexity index is 1470. The zero-order valence-electron chi connectivity index (χ0n) is 24.7. The monoisotopic (exact) mass is 627 g/mol. The SMILES string of the molecule is CC(CC(=O)O)N1C(=O)c2cc(CCCCCN)ccc2N(Cc2ccccc2)C(=O)C1c1ccccc1.O=C(O)C(F)(F)F. The minimum absolute atomic E-state index is 0.264. The fourth-order valence-corrected chi connectivity index (χ4v) is 5.11. The van der Waals surface area contributed by atoms with E-state index in [1.807, 2.05) is 78.9 Å². The summed E-state index contributed by atoms with van der Waals surface area (Å²) in [5, 5.41) is 16.7. The van der Waals surface area contributed by atoms with Gasteiger partial charge in [-0.25, -0.2) is 4.79 Å². The Hall–Kier alpha value is -4.71. The van der Waals surface area contributed by atoms with Gasteiger partial charge in [0.2, 0.25) is 0 Å². The highest BCUT2D eigenvalue weighted by atomic mass is 19.4. The van der Waals surface area contributed by atoms with E-state index in [-0.39, 0.29) is 18.2 Å². The number of anilines is 1. The first-order valence-electron chi connectivity index (χ1n) is 14.4. The number of nitrogens with two attached hydrogens (primary N) is 1. The average molecular weight is 628 g/mol. The van der Waals surface area contributed by atoms with Crippen molar-refractivity contribution >= 4 is 29.4 Å². The van der Waals surface area contributed by atoms with Gasteiger partial charge in [0.1, 0.15) is 6.04 Å². The molecule has 1 aliphatic rings.